The molecule has 1 fully saturated rings. The number of hydrogen-bond acceptors (Lipinski definition) is 4. The lowest BCUT2D eigenvalue weighted by Crippen LogP contribution is -2.06. The van der Waals surface area contributed by atoms with E-state index in [1.165, 1.54) is 24.6 Å². The highest BCUT2D eigenvalue weighted by Gasteiger charge is 2.29. The van der Waals surface area contributed by atoms with E-state index < -0.39 is 0 Å². The van der Waals surface area contributed by atoms with Crippen molar-refractivity contribution in [2.24, 2.45) is 0 Å². The minimum absolute atomic E-state index is 0.304. The average molecular weight is 226 g/mol. The van der Waals surface area contributed by atoms with Gasteiger partial charge >= 0.3 is 5.97 Å². The van der Waals surface area contributed by atoms with Crippen molar-refractivity contribution < 1.29 is 9.53 Å². The molecule has 0 amide bonds. The molecule has 0 bridgehead atoms. The number of nitrogens with one attached hydrogen (secondary N) is 1. The van der Waals surface area contributed by atoms with Crippen LogP contribution in [0.1, 0.15) is 42.0 Å². The van der Waals surface area contributed by atoms with Gasteiger partial charge in [0.1, 0.15) is 10.9 Å². The third-order valence-electron chi connectivity index (χ3n) is 2.33. The zero-order valence-electron chi connectivity index (χ0n) is 8.87. The molecule has 5 heteroatoms. The normalized spacial score (nSPS) is 15.3. The maximum Gasteiger partial charge on any atom is 0.357 e. The Morgan fingerprint density at radius 3 is 2.93 bits per heavy atom. The van der Waals surface area contributed by atoms with E-state index in [0.717, 1.165) is 10.9 Å². The van der Waals surface area contributed by atoms with Crippen LogP contribution < -0.4 is 0 Å². The Labute approximate surface area is 92.8 Å². The molecular weight excluding hydrogens is 212 g/mol. The number of carbonyl (C=O) groups excluding carboxylic acids is 1. The minimum Gasteiger partial charge on any atom is -0.461 e. The van der Waals surface area contributed by atoms with Crippen molar-refractivity contribution in [1.82, 2.24) is 9.97 Å². The second-order valence-electron chi connectivity index (χ2n) is 3.50. The molecule has 0 unspecified atom stereocenters. The van der Waals surface area contributed by atoms with Gasteiger partial charge in [-0.3, -0.25) is 0 Å². The van der Waals surface area contributed by atoms with E-state index in [2.05, 4.69) is 9.97 Å². The maximum atomic E-state index is 11.6. The summed E-state index contributed by atoms with van der Waals surface area (Å²) in [4.78, 5) is 19.0. The van der Waals surface area contributed by atoms with Gasteiger partial charge in [0.15, 0.2) is 5.69 Å². The van der Waals surface area contributed by atoms with Crippen molar-refractivity contribution in [3.63, 3.8) is 0 Å². The topological polar surface area (TPSA) is 55.0 Å². The van der Waals surface area contributed by atoms with E-state index in [4.69, 9.17) is 4.74 Å². The highest BCUT2D eigenvalue weighted by molar-refractivity contribution is 7.98. The first kappa shape index (κ1) is 10.5. The molecular formula is C10H14N2O2S. The van der Waals surface area contributed by atoms with Crippen LogP contribution in [0, 0.1) is 0 Å². The minimum atomic E-state index is -0.304. The van der Waals surface area contributed by atoms with Crippen molar-refractivity contribution in [3.05, 3.63) is 11.5 Å². The number of esters is 1. The molecule has 0 radical (unpaired) electrons. The second kappa shape index (κ2) is 4.26. The fourth-order valence-corrected chi connectivity index (χ4v) is 1.94. The van der Waals surface area contributed by atoms with Gasteiger partial charge in [-0.2, -0.15) is 0 Å². The molecule has 1 N–H and O–H groups in total. The number of rotatable bonds is 4. The first-order chi connectivity index (χ1) is 7.26. The summed E-state index contributed by atoms with van der Waals surface area (Å²) in [5, 5.41) is 0.746. The standard InChI is InChI=1S/C10H14N2O2S/c1-3-14-10(13)7-9(15-2)12-8(11-7)6-4-5-6/h6H,3-5H2,1-2H3,(H,11,12). The van der Waals surface area contributed by atoms with E-state index in [-0.39, 0.29) is 5.97 Å². The van der Waals surface area contributed by atoms with Gasteiger partial charge in [-0.05, 0) is 26.0 Å². The predicted octanol–water partition coefficient (Wildman–Crippen LogP) is 2.19. The number of H-pyrrole nitrogens is 1. The molecule has 1 heterocycles. The van der Waals surface area contributed by atoms with E-state index in [9.17, 15) is 4.79 Å². The molecule has 15 heavy (non-hydrogen) atoms. The Bertz CT molecular complexity index is 371. The number of nitrogens with zero attached hydrogens (tertiary/aromatic N) is 1. The zero-order valence-corrected chi connectivity index (χ0v) is 9.69. The molecule has 1 aromatic rings. The molecule has 0 aromatic carbocycles. The van der Waals surface area contributed by atoms with Crippen molar-refractivity contribution in [2.45, 2.75) is 30.7 Å². The van der Waals surface area contributed by atoms with Crippen LogP contribution in [0.2, 0.25) is 0 Å². The number of aromatic nitrogens is 2. The number of hydrogen-bond donors (Lipinski definition) is 1. The number of thioether (sulfide) groups is 1. The Hall–Kier alpha value is -0.970. The summed E-state index contributed by atoms with van der Waals surface area (Å²) in [5.41, 5.74) is 0.506. The molecule has 0 atom stereocenters. The van der Waals surface area contributed by atoms with Gasteiger partial charge < -0.3 is 9.72 Å². The van der Waals surface area contributed by atoms with Crippen LogP contribution in [-0.2, 0) is 4.74 Å². The van der Waals surface area contributed by atoms with Gasteiger partial charge in [0.25, 0.3) is 0 Å². The summed E-state index contributed by atoms with van der Waals surface area (Å²) >= 11 is 1.47. The number of aromatic amines is 1. The van der Waals surface area contributed by atoms with E-state index >= 15 is 0 Å². The van der Waals surface area contributed by atoms with Gasteiger partial charge in [-0.25, -0.2) is 9.78 Å². The highest BCUT2D eigenvalue weighted by atomic mass is 32.2. The third-order valence-corrected chi connectivity index (χ3v) is 3.01. The lowest BCUT2D eigenvalue weighted by Gasteiger charge is -1.99. The number of carbonyl (C=O) groups is 1. The highest BCUT2D eigenvalue weighted by Crippen LogP contribution is 2.39. The maximum absolute atomic E-state index is 11.6. The summed E-state index contributed by atoms with van der Waals surface area (Å²) in [5.74, 6) is 1.16. The molecule has 1 saturated carbocycles. The van der Waals surface area contributed by atoms with Gasteiger partial charge in [0.2, 0.25) is 0 Å². The lowest BCUT2D eigenvalue weighted by atomic mass is 10.4. The largest absolute Gasteiger partial charge is 0.461 e. The lowest BCUT2D eigenvalue weighted by molar-refractivity contribution is 0.0515. The SMILES string of the molecule is CCOC(=O)c1[nH]c(C2CC2)nc1SC. The third kappa shape index (κ3) is 2.17. The van der Waals surface area contributed by atoms with Crippen molar-refractivity contribution in [3.8, 4) is 0 Å². The summed E-state index contributed by atoms with van der Waals surface area (Å²) in [6, 6.07) is 0. The molecule has 0 aliphatic heterocycles. The fourth-order valence-electron chi connectivity index (χ4n) is 1.41. The quantitative estimate of drug-likeness (QED) is 0.631. The molecule has 0 spiro atoms. The molecule has 0 saturated heterocycles. The van der Waals surface area contributed by atoms with Crippen LogP contribution in [0.15, 0.2) is 5.03 Å². The van der Waals surface area contributed by atoms with E-state index in [1.54, 1.807) is 6.92 Å². The van der Waals surface area contributed by atoms with Crippen LogP contribution in [-0.4, -0.2) is 28.8 Å². The predicted molar refractivity (Wildman–Crippen MR) is 58.3 cm³/mol. The molecule has 1 aliphatic rings. The number of imidazole rings is 1. The van der Waals surface area contributed by atoms with Crippen molar-refractivity contribution in [1.29, 1.82) is 0 Å². The smallest absolute Gasteiger partial charge is 0.357 e. The summed E-state index contributed by atoms with van der Waals surface area (Å²) in [6.45, 7) is 2.19. The molecule has 2 rings (SSSR count). The van der Waals surface area contributed by atoms with Gasteiger partial charge in [-0.1, -0.05) is 0 Å². The summed E-state index contributed by atoms with van der Waals surface area (Å²) < 4.78 is 4.96. The first-order valence-electron chi connectivity index (χ1n) is 5.07. The Morgan fingerprint density at radius 2 is 2.40 bits per heavy atom. The van der Waals surface area contributed by atoms with Gasteiger partial charge in [-0.15, -0.1) is 11.8 Å². The second-order valence-corrected chi connectivity index (χ2v) is 4.30. The van der Waals surface area contributed by atoms with Gasteiger partial charge in [0, 0.05) is 5.92 Å². The van der Waals surface area contributed by atoms with Crippen molar-refractivity contribution in [2.75, 3.05) is 12.9 Å². The number of ether oxygens (including phenoxy) is 1. The van der Waals surface area contributed by atoms with Crippen molar-refractivity contribution >= 4 is 17.7 Å². The van der Waals surface area contributed by atoms with Crippen LogP contribution in [0.3, 0.4) is 0 Å². The van der Waals surface area contributed by atoms with E-state index in [1.807, 2.05) is 6.26 Å². The fraction of sp³-hybridized carbons (Fsp3) is 0.600. The summed E-state index contributed by atoms with van der Waals surface area (Å²) in [7, 11) is 0. The molecule has 82 valence electrons. The summed E-state index contributed by atoms with van der Waals surface area (Å²) in [6.07, 6.45) is 4.25. The van der Waals surface area contributed by atoms with Crippen LogP contribution in [0.5, 0.6) is 0 Å². The average Bonchev–Trinajstić information content (AvgIpc) is 2.98. The Kier molecular flexibility index (Phi) is 3.00. The van der Waals surface area contributed by atoms with Crippen LogP contribution in [0.25, 0.3) is 0 Å². The zero-order chi connectivity index (χ0) is 10.8. The van der Waals surface area contributed by atoms with E-state index in [0.29, 0.717) is 18.2 Å². The molecule has 1 aliphatic carbocycles. The Morgan fingerprint density at radius 1 is 1.67 bits per heavy atom. The monoisotopic (exact) mass is 226 g/mol. The molecule has 1 aromatic heterocycles. The van der Waals surface area contributed by atoms with Gasteiger partial charge in [0.05, 0.1) is 6.61 Å². The Balaban J connectivity index is 2.23. The first-order valence-corrected chi connectivity index (χ1v) is 6.29. The van der Waals surface area contributed by atoms with Crippen LogP contribution >= 0.6 is 11.8 Å². The molecule has 4 nitrogen and oxygen atoms in total. The van der Waals surface area contributed by atoms with Crippen LogP contribution in [0.4, 0.5) is 0 Å².